The van der Waals surface area contributed by atoms with Gasteiger partial charge in [-0.3, -0.25) is 9.79 Å². The summed E-state index contributed by atoms with van der Waals surface area (Å²) >= 11 is 12.2. The maximum absolute atomic E-state index is 11.5. The molecule has 0 aromatic heterocycles. The molecule has 1 aliphatic heterocycles. The number of halogens is 3. The second kappa shape index (κ2) is 13.0. The monoisotopic (exact) mass is 575 g/mol. The molecule has 0 atom stereocenters. The predicted octanol–water partition coefficient (Wildman–Crippen LogP) is 3.85. The number of nitrogens with zero attached hydrogens (tertiary/aromatic N) is 2. The van der Waals surface area contributed by atoms with Gasteiger partial charge in [-0.15, -0.1) is 24.0 Å². The highest BCUT2D eigenvalue weighted by Gasteiger charge is 2.16. The van der Waals surface area contributed by atoms with E-state index in [0.717, 1.165) is 48.7 Å². The Morgan fingerprint density at radius 1 is 1.16 bits per heavy atom. The number of nitrogens with one attached hydrogen (secondary N) is 3. The Labute approximate surface area is 210 Å². The van der Waals surface area contributed by atoms with Crippen LogP contribution in [-0.2, 0) is 17.8 Å². The largest absolute Gasteiger partial charge is 0.360 e. The van der Waals surface area contributed by atoms with Crippen molar-refractivity contribution >= 4 is 64.7 Å². The Kier molecular flexibility index (Phi) is 10.7. The lowest BCUT2D eigenvalue weighted by molar-refractivity contribution is -0.120. The normalized spacial score (nSPS) is 14.0. The molecule has 168 valence electrons. The van der Waals surface area contributed by atoms with Crippen LogP contribution < -0.4 is 20.9 Å². The number of guanidine groups is 1. The molecule has 3 N–H and O–H groups in total. The molecule has 0 aliphatic carbocycles. The molecule has 2 aromatic carbocycles. The lowest BCUT2D eigenvalue weighted by atomic mass is 10.1. The zero-order valence-electron chi connectivity index (χ0n) is 17.5. The van der Waals surface area contributed by atoms with Crippen molar-refractivity contribution in [2.75, 3.05) is 38.1 Å². The van der Waals surface area contributed by atoms with E-state index in [1.54, 1.807) is 13.1 Å². The van der Waals surface area contributed by atoms with Gasteiger partial charge in [-0.2, -0.15) is 0 Å². The number of carbonyl (C=O) groups is 1. The van der Waals surface area contributed by atoms with Gasteiger partial charge in [0.2, 0.25) is 5.91 Å². The van der Waals surface area contributed by atoms with Crippen LogP contribution in [0.15, 0.2) is 47.5 Å². The summed E-state index contributed by atoms with van der Waals surface area (Å²) in [7, 11) is 1.76. The molecular formula is C22H28Cl2IN5O. The van der Waals surface area contributed by atoms with Gasteiger partial charge in [0.1, 0.15) is 0 Å². The second-order valence-corrected chi connectivity index (χ2v) is 7.97. The SMILES string of the molecule is CN=C(NCCCc1ccc(Cl)cc1Cl)NCc1ccc(N2CCNC(=O)C2)cc1.I. The molecule has 0 spiro atoms. The van der Waals surface area contributed by atoms with Gasteiger partial charge in [0, 0.05) is 49.0 Å². The number of benzene rings is 2. The summed E-state index contributed by atoms with van der Waals surface area (Å²) in [5.74, 6) is 0.828. The Morgan fingerprint density at radius 3 is 2.61 bits per heavy atom. The van der Waals surface area contributed by atoms with Gasteiger partial charge in [0.25, 0.3) is 0 Å². The van der Waals surface area contributed by atoms with E-state index in [0.29, 0.717) is 29.7 Å². The van der Waals surface area contributed by atoms with Gasteiger partial charge in [-0.05, 0) is 48.2 Å². The Hall–Kier alpha value is -1.71. The first-order chi connectivity index (χ1) is 14.5. The van der Waals surface area contributed by atoms with E-state index >= 15 is 0 Å². The summed E-state index contributed by atoms with van der Waals surface area (Å²) in [6.07, 6.45) is 1.80. The number of rotatable bonds is 7. The van der Waals surface area contributed by atoms with Crippen LogP contribution in [0.4, 0.5) is 5.69 Å². The Morgan fingerprint density at radius 2 is 1.94 bits per heavy atom. The summed E-state index contributed by atoms with van der Waals surface area (Å²) in [6, 6.07) is 13.9. The summed E-state index contributed by atoms with van der Waals surface area (Å²) in [4.78, 5) is 17.9. The lowest BCUT2D eigenvalue weighted by Crippen LogP contribution is -2.47. The van der Waals surface area contributed by atoms with Gasteiger partial charge >= 0.3 is 0 Å². The third-order valence-corrected chi connectivity index (χ3v) is 5.54. The van der Waals surface area contributed by atoms with Crippen LogP contribution >= 0.6 is 47.2 Å². The maximum atomic E-state index is 11.5. The fraction of sp³-hybridized carbons (Fsp3) is 0.364. The number of piperazine rings is 1. The third kappa shape index (κ3) is 8.05. The summed E-state index contributed by atoms with van der Waals surface area (Å²) in [6.45, 7) is 3.39. The highest BCUT2D eigenvalue weighted by molar-refractivity contribution is 14.0. The summed E-state index contributed by atoms with van der Waals surface area (Å²) in [5.41, 5.74) is 3.31. The molecule has 1 fully saturated rings. The van der Waals surface area contributed by atoms with Crippen LogP contribution in [-0.4, -0.2) is 45.1 Å². The first-order valence-electron chi connectivity index (χ1n) is 10.0. The number of anilines is 1. The van der Waals surface area contributed by atoms with Crippen molar-refractivity contribution in [3.63, 3.8) is 0 Å². The number of aliphatic imine (C=N–C) groups is 1. The zero-order valence-corrected chi connectivity index (χ0v) is 21.3. The van der Waals surface area contributed by atoms with Crippen molar-refractivity contribution in [3.05, 3.63) is 63.6 Å². The van der Waals surface area contributed by atoms with Crippen LogP contribution in [0.2, 0.25) is 10.0 Å². The predicted molar refractivity (Wildman–Crippen MR) is 140 cm³/mol. The quantitative estimate of drug-likeness (QED) is 0.203. The van der Waals surface area contributed by atoms with Gasteiger partial charge < -0.3 is 20.9 Å². The average Bonchev–Trinajstić information content (AvgIpc) is 2.75. The molecule has 1 amide bonds. The van der Waals surface area contributed by atoms with Crippen molar-refractivity contribution in [2.45, 2.75) is 19.4 Å². The van der Waals surface area contributed by atoms with Crippen molar-refractivity contribution in [3.8, 4) is 0 Å². The smallest absolute Gasteiger partial charge is 0.239 e. The zero-order chi connectivity index (χ0) is 21.3. The lowest BCUT2D eigenvalue weighted by Gasteiger charge is -2.28. The van der Waals surface area contributed by atoms with Crippen molar-refractivity contribution in [1.29, 1.82) is 0 Å². The first-order valence-corrected chi connectivity index (χ1v) is 10.8. The van der Waals surface area contributed by atoms with Crippen molar-refractivity contribution < 1.29 is 4.79 Å². The molecular weight excluding hydrogens is 548 g/mol. The minimum Gasteiger partial charge on any atom is -0.360 e. The van der Waals surface area contributed by atoms with E-state index in [-0.39, 0.29) is 29.9 Å². The molecule has 0 bridgehead atoms. The Bertz CT molecular complexity index is 892. The fourth-order valence-electron chi connectivity index (χ4n) is 3.30. The van der Waals surface area contributed by atoms with E-state index in [9.17, 15) is 4.79 Å². The van der Waals surface area contributed by atoms with Gasteiger partial charge in [-0.25, -0.2) is 0 Å². The van der Waals surface area contributed by atoms with Gasteiger partial charge in [-0.1, -0.05) is 41.4 Å². The second-order valence-electron chi connectivity index (χ2n) is 7.13. The number of amides is 1. The van der Waals surface area contributed by atoms with E-state index in [4.69, 9.17) is 23.2 Å². The molecule has 6 nitrogen and oxygen atoms in total. The van der Waals surface area contributed by atoms with Crippen LogP contribution in [0, 0.1) is 0 Å². The van der Waals surface area contributed by atoms with Gasteiger partial charge in [0.05, 0.1) is 6.54 Å². The van der Waals surface area contributed by atoms with E-state index in [1.807, 2.05) is 12.1 Å². The molecule has 9 heteroatoms. The van der Waals surface area contributed by atoms with Crippen LogP contribution in [0.25, 0.3) is 0 Å². The minimum absolute atomic E-state index is 0. The molecule has 0 unspecified atom stereocenters. The number of carbonyl (C=O) groups excluding carboxylic acids is 1. The fourth-order valence-corrected chi connectivity index (χ4v) is 3.80. The van der Waals surface area contributed by atoms with Crippen molar-refractivity contribution in [2.24, 2.45) is 4.99 Å². The van der Waals surface area contributed by atoms with E-state index < -0.39 is 0 Å². The molecule has 1 saturated heterocycles. The molecule has 3 rings (SSSR count). The number of aryl methyl sites for hydroxylation is 1. The summed E-state index contributed by atoms with van der Waals surface area (Å²) in [5, 5.41) is 10.9. The molecule has 2 aromatic rings. The topological polar surface area (TPSA) is 68.8 Å². The molecule has 1 heterocycles. The number of hydrogen-bond acceptors (Lipinski definition) is 3. The average molecular weight is 576 g/mol. The van der Waals surface area contributed by atoms with Crippen LogP contribution in [0.3, 0.4) is 0 Å². The molecule has 1 aliphatic rings. The highest BCUT2D eigenvalue weighted by Crippen LogP contribution is 2.22. The first kappa shape index (κ1) is 25.5. The van der Waals surface area contributed by atoms with E-state index in [1.165, 1.54) is 0 Å². The van der Waals surface area contributed by atoms with E-state index in [2.05, 4.69) is 50.1 Å². The van der Waals surface area contributed by atoms with Crippen molar-refractivity contribution in [1.82, 2.24) is 16.0 Å². The highest BCUT2D eigenvalue weighted by atomic mass is 127. The van der Waals surface area contributed by atoms with Crippen LogP contribution in [0.1, 0.15) is 17.5 Å². The van der Waals surface area contributed by atoms with Crippen LogP contribution in [0.5, 0.6) is 0 Å². The number of hydrogen-bond donors (Lipinski definition) is 3. The minimum atomic E-state index is 0. The van der Waals surface area contributed by atoms with Gasteiger partial charge in [0.15, 0.2) is 5.96 Å². The Balaban J connectivity index is 0.00000341. The summed E-state index contributed by atoms with van der Waals surface area (Å²) < 4.78 is 0. The molecule has 31 heavy (non-hydrogen) atoms. The maximum Gasteiger partial charge on any atom is 0.239 e. The molecule has 0 radical (unpaired) electrons. The standard InChI is InChI=1S/C22H27Cl2N5O.HI/c1-25-22(27-10-2-3-17-6-7-18(23)13-20(17)24)28-14-16-4-8-19(9-5-16)29-12-11-26-21(30)15-29;/h4-9,13H,2-3,10-12,14-15H2,1H3,(H,26,30)(H2,25,27,28);1H. The molecule has 0 saturated carbocycles. The third-order valence-electron chi connectivity index (χ3n) is 4.95.